The number of ether oxygens (including phenoxy) is 1. The number of pyridine rings is 1. The molecular weight excluding hydrogens is 544 g/mol. The van der Waals surface area contributed by atoms with Crippen molar-refractivity contribution in [3.8, 4) is 5.75 Å². The topological polar surface area (TPSA) is 105 Å². The standard InChI is InChI=1S/C27H28ClF2N7O3/c1-3-36-11-15-9-19(24(36)38)37(15)26-31-10-17(28)23(34-26)32-14-6-7-18-16(8-14)20-21(25(39)35(18)2)40-12-27(29,30)22(33-20)13-4-5-13/h6-8,10,13,15,19,22,33H,3-5,9,11-12H2,1-2H3,(H,31,32,34)/t15?,19?,22-/m0/s1. The molecule has 0 radical (unpaired) electrons. The number of aromatic nitrogens is 3. The molecule has 8 rings (SSSR count). The molecule has 210 valence electrons. The van der Waals surface area contributed by atoms with E-state index in [4.69, 9.17) is 16.3 Å². The molecule has 0 spiro atoms. The molecule has 10 nitrogen and oxygen atoms in total. The fourth-order valence-corrected chi connectivity index (χ4v) is 6.26. The molecule has 3 aromatic rings. The molecular formula is C27H28ClF2N7O3. The second-order valence-corrected chi connectivity index (χ2v) is 11.4. The predicted molar refractivity (Wildman–Crippen MR) is 147 cm³/mol. The maximum atomic E-state index is 15.0. The van der Waals surface area contributed by atoms with Crippen LogP contribution < -0.4 is 25.8 Å². The van der Waals surface area contributed by atoms with Crippen molar-refractivity contribution in [2.45, 2.75) is 50.2 Å². The van der Waals surface area contributed by atoms with Crippen molar-refractivity contribution in [3.63, 3.8) is 0 Å². The summed E-state index contributed by atoms with van der Waals surface area (Å²) >= 11 is 6.46. The Morgan fingerprint density at radius 3 is 2.80 bits per heavy atom. The molecule has 1 saturated carbocycles. The van der Waals surface area contributed by atoms with Gasteiger partial charge in [0, 0.05) is 31.2 Å². The highest BCUT2D eigenvalue weighted by molar-refractivity contribution is 6.33. The lowest BCUT2D eigenvalue weighted by molar-refractivity contribution is -0.139. The number of aryl methyl sites for hydroxylation is 1. The van der Waals surface area contributed by atoms with Crippen LogP contribution in [0.25, 0.3) is 10.9 Å². The van der Waals surface area contributed by atoms with E-state index < -0.39 is 24.1 Å². The molecule has 40 heavy (non-hydrogen) atoms. The van der Waals surface area contributed by atoms with Gasteiger partial charge in [0.15, 0.2) is 12.4 Å². The number of carbonyl (C=O) groups excluding carboxylic acids is 1. The van der Waals surface area contributed by atoms with Crippen LogP contribution >= 0.6 is 11.6 Å². The zero-order valence-electron chi connectivity index (χ0n) is 22.0. The largest absolute Gasteiger partial charge is 0.480 e. The summed E-state index contributed by atoms with van der Waals surface area (Å²) in [6.45, 7) is 2.41. The first kappa shape index (κ1) is 25.3. The first-order valence-electron chi connectivity index (χ1n) is 13.5. The van der Waals surface area contributed by atoms with Gasteiger partial charge in [0.05, 0.1) is 29.5 Å². The predicted octanol–water partition coefficient (Wildman–Crippen LogP) is 3.75. The van der Waals surface area contributed by atoms with E-state index >= 15 is 0 Å². The number of benzene rings is 1. The van der Waals surface area contributed by atoms with Crippen LogP contribution in [0.5, 0.6) is 5.75 Å². The quantitative estimate of drug-likeness (QED) is 0.477. The molecule has 2 aromatic heterocycles. The molecule has 1 amide bonds. The fourth-order valence-electron chi connectivity index (χ4n) is 6.12. The monoisotopic (exact) mass is 571 g/mol. The lowest BCUT2D eigenvalue weighted by Crippen LogP contribution is -2.72. The van der Waals surface area contributed by atoms with Crippen LogP contribution in [0.3, 0.4) is 0 Å². The number of alkyl halides is 2. The van der Waals surface area contributed by atoms with Crippen molar-refractivity contribution in [1.29, 1.82) is 0 Å². The van der Waals surface area contributed by atoms with E-state index in [1.165, 1.54) is 10.8 Å². The van der Waals surface area contributed by atoms with Gasteiger partial charge in [-0.2, -0.15) is 4.98 Å². The van der Waals surface area contributed by atoms with E-state index in [1.807, 2.05) is 16.7 Å². The average molecular weight is 572 g/mol. The van der Waals surface area contributed by atoms with Crippen LogP contribution in [0.15, 0.2) is 29.2 Å². The molecule has 3 saturated heterocycles. The second kappa shape index (κ2) is 8.92. The van der Waals surface area contributed by atoms with Gasteiger partial charge in [-0.3, -0.25) is 9.59 Å². The Bertz CT molecular complexity index is 1610. The second-order valence-electron chi connectivity index (χ2n) is 11.0. The van der Waals surface area contributed by atoms with Crippen LogP contribution in [0, 0.1) is 5.92 Å². The molecule has 1 aromatic carbocycles. The molecule has 1 aliphatic carbocycles. The molecule has 2 N–H and O–H groups in total. The van der Waals surface area contributed by atoms with Crippen LogP contribution in [0.1, 0.15) is 26.2 Å². The van der Waals surface area contributed by atoms with Gasteiger partial charge in [-0.1, -0.05) is 11.6 Å². The number of likely N-dealkylation sites (N-methyl/N-ethyl adjacent to an activating group) is 1. The van der Waals surface area contributed by atoms with E-state index in [0.717, 1.165) is 6.42 Å². The summed E-state index contributed by atoms with van der Waals surface area (Å²) in [6.07, 6.45) is 3.67. The van der Waals surface area contributed by atoms with Crippen LogP contribution in [0.2, 0.25) is 5.02 Å². The first-order valence-corrected chi connectivity index (χ1v) is 13.8. The highest BCUT2D eigenvalue weighted by Gasteiger charge is 2.52. The van der Waals surface area contributed by atoms with Crippen LogP contribution in [0.4, 0.5) is 31.9 Å². The zero-order chi connectivity index (χ0) is 27.9. The van der Waals surface area contributed by atoms with Crippen molar-refractivity contribution < 1.29 is 18.3 Å². The number of nitrogens with one attached hydrogen (secondary N) is 2. The third-order valence-corrected chi connectivity index (χ3v) is 8.75. The summed E-state index contributed by atoms with van der Waals surface area (Å²) in [5.74, 6) is -2.59. The van der Waals surface area contributed by atoms with Crippen molar-refractivity contribution in [1.82, 2.24) is 19.4 Å². The summed E-state index contributed by atoms with van der Waals surface area (Å²) in [5, 5.41) is 7.04. The van der Waals surface area contributed by atoms with Gasteiger partial charge in [-0.15, -0.1) is 0 Å². The lowest BCUT2D eigenvalue weighted by atomic mass is 9.87. The van der Waals surface area contributed by atoms with E-state index in [9.17, 15) is 18.4 Å². The third-order valence-electron chi connectivity index (χ3n) is 8.47. The van der Waals surface area contributed by atoms with Crippen LogP contribution in [-0.4, -0.2) is 69.1 Å². The highest BCUT2D eigenvalue weighted by atomic mass is 35.5. The smallest absolute Gasteiger partial charge is 0.301 e. The number of halogens is 3. The van der Waals surface area contributed by atoms with Gasteiger partial charge < -0.3 is 29.7 Å². The van der Waals surface area contributed by atoms with Gasteiger partial charge in [0.25, 0.3) is 5.56 Å². The van der Waals surface area contributed by atoms with Gasteiger partial charge >= 0.3 is 5.92 Å². The molecule has 6 heterocycles. The molecule has 13 heteroatoms. The number of carbonyl (C=O) groups is 1. The fraction of sp³-hybridized carbons (Fsp3) is 0.481. The number of hydrogen-bond acceptors (Lipinski definition) is 8. The number of nitrogens with zero attached hydrogens (tertiary/aromatic N) is 5. The first-order chi connectivity index (χ1) is 19.2. The Morgan fingerprint density at radius 1 is 1.27 bits per heavy atom. The summed E-state index contributed by atoms with van der Waals surface area (Å²) in [5.41, 5.74) is 0.921. The summed E-state index contributed by atoms with van der Waals surface area (Å²) < 4.78 is 36.7. The summed E-state index contributed by atoms with van der Waals surface area (Å²) in [6, 6.07) is 4.01. The van der Waals surface area contributed by atoms with Crippen molar-refractivity contribution in [2.24, 2.45) is 13.0 Å². The molecule has 5 aliphatic rings. The van der Waals surface area contributed by atoms with E-state index in [0.29, 0.717) is 54.3 Å². The lowest BCUT2D eigenvalue weighted by Gasteiger charge is -2.55. The SMILES string of the molecule is CCN1CC2CC(C1=O)N2c1ncc(Cl)c(Nc2ccc3c(c2)c2c(c(=O)n3C)OCC(F)(F)[C@H](C3CC3)N2)n1. The van der Waals surface area contributed by atoms with Gasteiger partial charge in [-0.05, 0) is 50.3 Å². The number of fused-ring (bicyclic) bond motifs is 5. The number of anilines is 4. The number of piperidine rings is 1. The number of hydrogen-bond donors (Lipinski definition) is 2. The molecule has 4 aliphatic heterocycles. The van der Waals surface area contributed by atoms with Crippen molar-refractivity contribution in [2.75, 3.05) is 35.2 Å². The highest BCUT2D eigenvalue weighted by Crippen LogP contribution is 2.46. The minimum absolute atomic E-state index is 0.0729. The molecule has 2 bridgehead atoms. The van der Waals surface area contributed by atoms with Crippen molar-refractivity contribution >= 4 is 51.6 Å². The van der Waals surface area contributed by atoms with Crippen molar-refractivity contribution in [3.05, 3.63) is 39.8 Å². The van der Waals surface area contributed by atoms with Gasteiger partial charge in [0.1, 0.15) is 11.1 Å². The molecule has 2 unspecified atom stereocenters. The Balaban J connectivity index is 1.25. The van der Waals surface area contributed by atoms with Crippen LogP contribution in [-0.2, 0) is 11.8 Å². The Hall–Kier alpha value is -3.67. The normalized spacial score (nSPS) is 25.0. The minimum Gasteiger partial charge on any atom is -0.480 e. The zero-order valence-corrected chi connectivity index (χ0v) is 22.7. The Kier molecular flexibility index (Phi) is 5.64. The maximum absolute atomic E-state index is 15.0. The van der Waals surface area contributed by atoms with Gasteiger partial charge in [-0.25, -0.2) is 13.8 Å². The number of amides is 1. The Morgan fingerprint density at radius 2 is 2.08 bits per heavy atom. The number of piperazine rings is 1. The maximum Gasteiger partial charge on any atom is 0.301 e. The summed E-state index contributed by atoms with van der Waals surface area (Å²) in [4.78, 5) is 38.6. The minimum atomic E-state index is -3.12. The van der Waals surface area contributed by atoms with E-state index in [-0.39, 0.29) is 40.4 Å². The number of rotatable bonds is 5. The molecule has 4 fully saturated rings. The average Bonchev–Trinajstić information content (AvgIpc) is 3.76. The third kappa shape index (κ3) is 3.87. The van der Waals surface area contributed by atoms with E-state index in [1.54, 1.807) is 25.2 Å². The molecule has 3 atom stereocenters. The summed E-state index contributed by atoms with van der Waals surface area (Å²) in [7, 11) is 1.58. The van der Waals surface area contributed by atoms with E-state index in [2.05, 4.69) is 20.6 Å². The Labute approximate surface area is 233 Å². The van der Waals surface area contributed by atoms with Gasteiger partial charge in [0.2, 0.25) is 17.6 Å².